The fourth-order valence-electron chi connectivity index (χ4n) is 3.22. The molecule has 0 saturated carbocycles. The van der Waals surface area contributed by atoms with E-state index in [2.05, 4.69) is 44.8 Å². The number of carbonyl (C=O) groups is 2. The zero-order valence-electron chi connectivity index (χ0n) is 16.0. The van der Waals surface area contributed by atoms with Gasteiger partial charge in [0.15, 0.2) is 5.13 Å². The number of thiazole rings is 1. The summed E-state index contributed by atoms with van der Waals surface area (Å²) in [5.41, 5.74) is 1.97. The minimum Gasteiger partial charge on any atom is -0.450 e. The molecule has 2 N–H and O–H groups in total. The van der Waals surface area contributed by atoms with Crippen LogP contribution in [0.25, 0.3) is 0 Å². The first kappa shape index (κ1) is 20.3. The largest absolute Gasteiger partial charge is 0.450 e. The molecule has 2 amide bonds. The second kappa shape index (κ2) is 10.2. The molecule has 0 atom stereocenters. The van der Waals surface area contributed by atoms with Gasteiger partial charge in [0.25, 0.3) is 0 Å². The number of anilines is 1. The van der Waals surface area contributed by atoms with Crippen molar-refractivity contribution in [1.82, 2.24) is 15.2 Å². The molecule has 7 nitrogen and oxygen atoms in total. The Morgan fingerprint density at radius 3 is 2.71 bits per heavy atom. The third kappa shape index (κ3) is 6.31. The summed E-state index contributed by atoms with van der Waals surface area (Å²) in [6.07, 6.45) is 1.58. The van der Waals surface area contributed by atoms with E-state index in [1.165, 1.54) is 16.9 Å². The fraction of sp³-hybridized carbons (Fsp3) is 0.450. The van der Waals surface area contributed by atoms with Gasteiger partial charge in [-0.1, -0.05) is 30.3 Å². The van der Waals surface area contributed by atoms with E-state index in [9.17, 15) is 9.59 Å². The minimum atomic E-state index is -0.532. The molecule has 1 aliphatic rings. The fourth-order valence-corrected chi connectivity index (χ4v) is 3.92. The van der Waals surface area contributed by atoms with Crippen LogP contribution in [0.5, 0.6) is 0 Å². The average Bonchev–Trinajstić information content (AvgIpc) is 3.11. The molecular weight excluding hydrogens is 376 g/mol. The molecule has 2 heterocycles. The third-order valence-corrected chi connectivity index (χ3v) is 5.39. The third-order valence-electron chi connectivity index (χ3n) is 4.58. The van der Waals surface area contributed by atoms with E-state index in [-0.39, 0.29) is 18.4 Å². The second-order valence-electron chi connectivity index (χ2n) is 6.77. The maximum Gasteiger partial charge on any atom is 0.413 e. The topological polar surface area (TPSA) is 83.6 Å². The first-order valence-corrected chi connectivity index (χ1v) is 10.4. The Bertz CT molecular complexity index is 773. The standard InChI is InChI=1S/C20H26N4O3S/c1-2-27-20(26)23-19-22-17(14-28-19)12-18(25)21-16-8-10-24(11-9-16)13-15-6-4-3-5-7-15/h3-7,14,16H,2,8-13H2,1H3,(H,21,25)(H,22,23,26). The van der Waals surface area contributed by atoms with E-state index in [4.69, 9.17) is 4.74 Å². The molecule has 1 saturated heterocycles. The Morgan fingerprint density at radius 1 is 1.25 bits per heavy atom. The lowest BCUT2D eigenvalue weighted by atomic mass is 10.0. The predicted molar refractivity (Wildman–Crippen MR) is 109 cm³/mol. The first-order chi connectivity index (χ1) is 13.6. The molecule has 28 heavy (non-hydrogen) atoms. The summed E-state index contributed by atoms with van der Waals surface area (Å²) in [5.74, 6) is -0.0329. The van der Waals surface area contributed by atoms with Gasteiger partial charge in [0.1, 0.15) is 0 Å². The number of aromatic nitrogens is 1. The van der Waals surface area contributed by atoms with Crippen molar-refractivity contribution in [2.75, 3.05) is 25.0 Å². The Labute approximate surface area is 169 Å². The summed E-state index contributed by atoms with van der Waals surface area (Å²) >= 11 is 1.28. The lowest BCUT2D eigenvalue weighted by molar-refractivity contribution is -0.121. The molecule has 1 aromatic carbocycles. The molecular formula is C20H26N4O3S. The molecule has 1 fully saturated rings. The molecule has 8 heteroatoms. The van der Waals surface area contributed by atoms with E-state index in [0.29, 0.717) is 17.4 Å². The Hall–Kier alpha value is -2.45. The SMILES string of the molecule is CCOC(=O)Nc1nc(CC(=O)NC2CCN(Cc3ccccc3)CC2)cs1. The maximum atomic E-state index is 12.3. The van der Waals surface area contributed by atoms with Gasteiger partial charge in [-0.3, -0.25) is 15.0 Å². The van der Waals surface area contributed by atoms with Gasteiger partial charge in [-0.15, -0.1) is 11.3 Å². The molecule has 0 radical (unpaired) electrons. The average molecular weight is 403 g/mol. The molecule has 0 aliphatic carbocycles. The number of likely N-dealkylation sites (tertiary alicyclic amines) is 1. The number of nitrogens with zero attached hydrogens (tertiary/aromatic N) is 2. The van der Waals surface area contributed by atoms with Crippen LogP contribution < -0.4 is 10.6 Å². The van der Waals surface area contributed by atoms with Gasteiger partial charge in [-0.05, 0) is 25.3 Å². The van der Waals surface area contributed by atoms with Crippen LogP contribution in [0.2, 0.25) is 0 Å². The number of rotatable bonds is 7. The van der Waals surface area contributed by atoms with Crippen molar-refractivity contribution in [2.45, 2.75) is 38.8 Å². The minimum absolute atomic E-state index is 0.0329. The number of ether oxygens (including phenoxy) is 1. The van der Waals surface area contributed by atoms with Crippen LogP contribution in [0.15, 0.2) is 35.7 Å². The van der Waals surface area contributed by atoms with E-state index in [0.717, 1.165) is 32.5 Å². The molecule has 0 bridgehead atoms. The number of hydrogen-bond donors (Lipinski definition) is 2. The van der Waals surface area contributed by atoms with Crippen molar-refractivity contribution < 1.29 is 14.3 Å². The van der Waals surface area contributed by atoms with E-state index in [1.807, 2.05) is 6.07 Å². The summed E-state index contributed by atoms with van der Waals surface area (Å²) in [7, 11) is 0. The Balaban J connectivity index is 1.39. The molecule has 1 aliphatic heterocycles. The highest BCUT2D eigenvalue weighted by Crippen LogP contribution is 2.17. The van der Waals surface area contributed by atoms with Crippen molar-refractivity contribution in [3.63, 3.8) is 0 Å². The van der Waals surface area contributed by atoms with Crippen LogP contribution in [0.1, 0.15) is 31.0 Å². The smallest absolute Gasteiger partial charge is 0.413 e. The van der Waals surface area contributed by atoms with Gasteiger partial charge < -0.3 is 10.1 Å². The first-order valence-electron chi connectivity index (χ1n) is 9.56. The van der Waals surface area contributed by atoms with Crippen LogP contribution in [-0.2, 0) is 22.5 Å². The van der Waals surface area contributed by atoms with Gasteiger partial charge in [0.2, 0.25) is 5.91 Å². The normalized spacial score (nSPS) is 15.2. The Morgan fingerprint density at radius 2 is 2.00 bits per heavy atom. The van der Waals surface area contributed by atoms with Gasteiger partial charge in [0.05, 0.1) is 18.7 Å². The summed E-state index contributed by atoms with van der Waals surface area (Å²) < 4.78 is 4.82. The molecule has 3 rings (SSSR count). The van der Waals surface area contributed by atoms with E-state index in [1.54, 1.807) is 12.3 Å². The van der Waals surface area contributed by atoms with E-state index >= 15 is 0 Å². The van der Waals surface area contributed by atoms with Crippen molar-refractivity contribution in [3.05, 3.63) is 47.0 Å². The van der Waals surface area contributed by atoms with Gasteiger partial charge >= 0.3 is 6.09 Å². The lowest BCUT2D eigenvalue weighted by Gasteiger charge is -2.32. The molecule has 0 spiro atoms. The summed E-state index contributed by atoms with van der Waals surface area (Å²) in [4.78, 5) is 30.4. The van der Waals surface area contributed by atoms with Crippen LogP contribution in [-0.4, -0.2) is 47.6 Å². The number of nitrogens with one attached hydrogen (secondary N) is 2. The number of carbonyl (C=O) groups excluding carboxylic acids is 2. The quantitative estimate of drug-likeness (QED) is 0.744. The highest BCUT2D eigenvalue weighted by atomic mass is 32.1. The van der Waals surface area contributed by atoms with Gasteiger partial charge in [0, 0.05) is 31.1 Å². The van der Waals surface area contributed by atoms with Crippen LogP contribution >= 0.6 is 11.3 Å². The number of hydrogen-bond acceptors (Lipinski definition) is 6. The summed E-state index contributed by atoms with van der Waals surface area (Å²) in [6.45, 7) is 4.95. The van der Waals surface area contributed by atoms with Gasteiger partial charge in [-0.25, -0.2) is 9.78 Å². The van der Waals surface area contributed by atoms with Crippen LogP contribution in [0.4, 0.5) is 9.93 Å². The highest BCUT2D eigenvalue weighted by Gasteiger charge is 2.21. The van der Waals surface area contributed by atoms with E-state index < -0.39 is 6.09 Å². The van der Waals surface area contributed by atoms with Crippen molar-refractivity contribution in [1.29, 1.82) is 0 Å². The molecule has 0 unspecified atom stereocenters. The number of piperidine rings is 1. The monoisotopic (exact) mass is 402 g/mol. The second-order valence-corrected chi connectivity index (χ2v) is 7.63. The molecule has 1 aromatic heterocycles. The number of benzene rings is 1. The van der Waals surface area contributed by atoms with Crippen molar-refractivity contribution in [2.24, 2.45) is 0 Å². The highest BCUT2D eigenvalue weighted by molar-refractivity contribution is 7.13. The number of amides is 2. The van der Waals surface area contributed by atoms with Gasteiger partial charge in [-0.2, -0.15) is 0 Å². The molecule has 150 valence electrons. The predicted octanol–water partition coefficient (Wildman–Crippen LogP) is 3.03. The van der Waals surface area contributed by atoms with Crippen molar-refractivity contribution >= 4 is 28.5 Å². The summed E-state index contributed by atoms with van der Waals surface area (Å²) in [6, 6.07) is 10.7. The van der Waals surface area contributed by atoms with Crippen LogP contribution in [0, 0.1) is 0 Å². The zero-order chi connectivity index (χ0) is 19.8. The zero-order valence-corrected chi connectivity index (χ0v) is 16.8. The molecule has 2 aromatic rings. The van der Waals surface area contributed by atoms with Crippen molar-refractivity contribution in [3.8, 4) is 0 Å². The Kier molecular flexibility index (Phi) is 7.39. The van der Waals surface area contributed by atoms with Crippen LogP contribution in [0.3, 0.4) is 0 Å². The summed E-state index contributed by atoms with van der Waals surface area (Å²) in [5, 5.41) is 7.88. The lowest BCUT2D eigenvalue weighted by Crippen LogP contribution is -2.44. The maximum absolute atomic E-state index is 12.3.